The summed E-state index contributed by atoms with van der Waals surface area (Å²) in [6.45, 7) is 1.89. The van der Waals surface area contributed by atoms with E-state index in [-0.39, 0.29) is 5.54 Å². The molecule has 3 heteroatoms. The lowest BCUT2D eigenvalue weighted by atomic mass is 9.95. The van der Waals surface area contributed by atoms with Crippen molar-refractivity contribution in [3.05, 3.63) is 35.4 Å². The normalized spacial score (nSPS) is 20.8. The Hall–Kier alpha value is -1.35. The number of piperidine rings is 1. The van der Waals surface area contributed by atoms with Gasteiger partial charge in [-0.1, -0.05) is 24.3 Å². The molecule has 1 aliphatic carbocycles. The molecule has 0 bridgehead atoms. The molecule has 0 unspecified atom stereocenters. The molecule has 1 aromatic carbocycles. The van der Waals surface area contributed by atoms with Gasteiger partial charge in [0.1, 0.15) is 0 Å². The molecule has 2 aliphatic rings. The van der Waals surface area contributed by atoms with Gasteiger partial charge in [-0.3, -0.25) is 4.79 Å². The highest BCUT2D eigenvalue weighted by molar-refractivity contribution is 5.76. The molecule has 1 heterocycles. The summed E-state index contributed by atoms with van der Waals surface area (Å²) >= 11 is 0. The van der Waals surface area contributed by atoms with Crippen LogP contribution in [0.2, 0.25) is 0 Å². The van der Waals surface area contributed by atoms with E-state index < -0.39 is 0 Å². The van der Waals surface area contributed by atoms with Crippen LogP contribution < -0.4 is 5.73 Å². The van der Waals surface area contributed by atoms with Crippen LogP contribution >= 0.6 is 0 Å². The summed E-state index contributed by atoms with van der Waals surface area (Å²) in [5, 5.41) is 0. The number of likely N-dealkylation sites (tertiary alicyclic amines) is 1. The second-order valence-electron chi connectivity index (χ2n) is 6.25. The van der Waals surface area contributed by atoms with Crippen LogP contribution in [0.3, 0.4) is 0 Å². The van der Waals surface area contributed by atoms with Crippen molar-refractivity contribution in [2.75, 3.05) is 13.1 Å². The number of carbonyl (C=O) groups excluding carboxylic acids is 1. The molecule has 1 saturated carbocycles. The van der Waals surface area contributed by atoms with E-state index in [0.29, 0.717) is 12.3 Å². The van der Waals surface area contributed by atoms with Crippen LogP contribution in [-0.4, -0.2) is 23.9 Å². The van der Waals surface area contributed by atoms with Gasteiger partial charge in [-0.2, -0.15) is 0 Å². The van der Waals surface area contributed by atoms with Crippen LogP contribution in [0.4, 0.5) is 0 Å². The largest absolute Gasteiger partial charge is 0.343 e. The number of carbonyl (C=O) groups is 1. The van der Waals surface area contributed by atoms with Gasteiger partial charge in [-0.05, 0) is 49.7 Å². The summed E-state index contributed by atoms with van der Waals surface area (Å²) < 4.78 is 0. The van der Waals surface area contributed by atoms with Crippen molar-refractivity contribution < 1.29 is 4.79 Å². The van der Waals surface area contributed by atoms with Gasteiger partial charge in [-0.15, -0.1) is 0 Å². The van der Waals surface area contributed by atoms with E-state index in [4.69, 9.17) is 5.73 Å². The van der Waals surface area contributed by atoms with Gasteiger partial charge in [0, 0.05) is 25.0 Å². The van der Waals surface area contributed by atoms with Gasteiger partial charge in [0.25, 0.3) is 0 Å². The first-order chi connectivity index (χ1) is 9.69. The molecule has 3 rings (SSSR count). The summed E-state index contributed by atoms with van der Waals surface area (Å²) in [5.41, 5.74) is 8.73. The van der Waals surface area contributed by atoms with Crippen molar-refractivity contribution in [1.82, 2.24) is 4.90 Å². The maximum Gasteiger partial charge on any atom is 0.222 e. The Labute approximate surface area is 121 Å². The lowest BCUT2D eigenvalue weighted by molar-refractivity contribution is -0.132. The van der Waals surface area contributed by atoms with Crippen LogP contribution in [0.5, 0.6) is 0 Å². The van der Waals surface area contributed by atoms with Crippen molar-refractivity contribution >= 4 is 5.91 Å². The molecule has 0 aromatic heterocycles. The average molecular weight is 272 g/mol. The summed E-state index contributed by atoms with van der Waals surface area (Å²) in [4.78, 5) is 14.3. The van der Waals surface area contributed by atoms with Crippen LogP contribution in [0, 0.1) is 0 Å². The number of hydrogen-bond acceptors (Lipinski definition) is 2. The van der Waals surface area contributed by atoms with E-state index in [1.54, 1.807) is 0 Å². The Kier molecular flexibility index (Phi) is 3.79. The van der Waals surface area contributed by atoms with Gasteiger partial charge in [-0.25, -0.2) is 0 Å². The third-order valence-corrected chi connectivity index (χ3v) is 4.66. The monoisotopic (exact) mass is 272 g/mol. The Morgan fingerprint density at radius 1 is 1.15 bits per heavy atom. The fourth-order valence-electron chi connectivity index (χ4n) is 3.17. The second kappa shape index (κ2) is 5.57. The number of amides is 1. The van der Waals surface area contributed by atoms with Crippen LogP contribution in [0.1, 0.15) is 49.7 Å². The third-order valence-electron chi connectivity index (χ3n) is 4.66. The standard InChI is InChI=1S/C17H24N2O/c18-17(10-11-17)15-7-3-2-6-14(15)8-9-16(20)19-12-4-1-5-13-19/h2-3,6-7H,1,4-5,8-13,18H2. The van der Waals surface area contributed by atoms with Gasteiger partial charge >= 0.3 is 0 Å². The molecule has 1 saturated heterocycles. The molecule has 0 atom stereocenters. The van der Waals surface area contributed by atoms with E-state index in [9.17, 15) is 4.79 Å². The zero-order chi connectivity index (χ0) is 14.0. The molecule has 2 N–H and O–H groups in total. The van der Waals surface area contributed by atoms with Crippen molar-refractivity contribution in [3.63, 3.8) is 0 Å². The lowest BCUT2D eigenvalue weighted by Crippen LogP contribution is -2.35. The van der Waals surface area contributed by atoms with E-state index in [1.165, 1.54) is 17.5 Å². The molecule has 1 amide bonds. The molecule has 1 aliphatic heterocycles. The maximum absolute atomic E-state index is 12.2. The SMILES string of the molecule is NC1(c2ccccc2CCC(=O)N2CCCCC2)CC1. The Morgan fingerprint density at radius 2 is 1.85 bits per heavy atom. The summed E-state index contributed by atoms with van der Waals surface area (Å²) in [7, 11) is 0. The van der Waals surface area contributed by atoms with E-state index >= 15 is 0 Å². The molecule has 0 spiro atoms. The number of hydrogen-bond donors (Lipinski definition) is 1. The lowest BCUT2D eigenvalue weighted by Gasteiger charge is -2.27. The first-order valence-electron chi connectivity index (χ1n) is 7.84. The minimum Gasteiger partial charge on any atom is -0.343 e. The van der Waals surface area contributed by atoms with Gasteiger partial charge in [0.05, 0.1) is 0 Å². The zero-order valence-corrected chi connectivity index (χ0v) is 12.1. The molecule has 20 heavy (non-hydrogen) atoms. The van der Waals surface area contributed by atoms with Gasteiger partial charge in [0.2, 0.25) is 5.91 Å². The number of rotatable bonds is 4. The summed E-state index contributed by atoms with van der Waals surface area (Å²) in [6, 6.07) is 8.37. The number of benzene rings is 1. The van der Waals surface area contributed by atoms with Gasteiger partial charge < -0.3 is 10.6 Å². The topological polar surface area (TPSA) is 46.3 Å². The molecular weight excluding hydrogens is 248 g/mol. The third kappa shape index (κ3) is 2.88. The first-order valence-corrected chi connectivity index (χ1v) is 7.84. The Bertz CT molecular complexity index is 488. The zero-order valence-electron chi connectivity index (χ0n) is 12.1. The summed E-state index contributed by atoms with van der Waals surface area (Å²) in [5.74, 6) is 0.307. The molecule has 0 radical (unpaired) electrons. The van der Waals surface area contributed by atoms with Crippen LogP contribution in [0.25, 0.3) is 0 Å². The van der Waals surface area contributed by atoms with Crippen molar-refractivity contribution in [2.45, 2.75) is 50.5 Å². The highest BCUT2D eigenvalue weighted by Crippen LogP contribution is 2.44. The average Bonchev–Trinajstić information content (AvgIpc) is 3.25. The van der Waals surface area contributed by atoms with Crippen molar-refractivity contribution in [2.24, 2.45) is 5.73 Å². The molecule has 3 nitrogen and oxygen atoms in total. The fraction of sp³-hybridized carbons (Fsp3) is 0.588. The molecular formula is C17H24N2O. The smallest absolute Gasteiger partial charge is 0.222 e. The van der Waals surface area contributed by atoms with E-state index in [0.717, 1.165) is 45.2 Å². The van der Waals surface area contributed by atoms with Crippen molar-refractivity contribution in [1.29, 1.82) is 0 Å². The quantitative estimate of drug-likeness (QED) is 0.915. The second-order valence-corrected chi connectivity index (χ2v) is 6.25. The highest BCUT2D eigenvalue weighted by atomic mass is 16.2. The van der Waals surface area contributed by atoms with E-state index in [2.05, 4.69) is 24.3 Å². The minimum atomic E-state index is -0.106. The minimum absolute atomic E-state index is 0.106. The fourth-order valence-corrected chi connectivity index (χ4v) is 3.17. The van der Waals surface area contributed by atoms with Crippen molar-refractivity contribution in [3.8, 4) is 0 Å². The number of nitrogens with two attached hydrogens (primary N) is 1. The Balaban J connectivity index is 1.62. The van der Waals surface area contributed by atoms with Crippen LogP contribution in [0.15, 0.2) is 24.3 Å². The first kappa shape index (κ1) is 13.6. The molecule has 108 valence electrons. The molecule has 1 aromatic rings. The van der Waals surface area contributed by atoms with E-state index in [1.807, 2.05) is 4.90 Å². The van der Waals surface area contributed by atoms with Gasteiger partial charge in [0.15, 0.2) is 0 Å². The number of aryl methyl sites for hydroxylation is 1. The maximum atomic E-state index is 12.2. The predicted molar refractivity (Wildman–Crippen MR) is 80.3 cm³/mol. The highest BCUT2D eigenvalue weighted by Gasteiger charge is 2.41. The summed E-state index contributed by atoms with van der Waals surface area (Å²) in [6.07, 6.45) is 7.18. The Morgan fingerprint density at radius 3 is 2.55 bits per heavy atom. The van der Waals surface area contributed by atoms with Crippen LogP contribution in [-0.2, 0) is 16.8 Å². The molecule has 2 fully saturated rings. The predicted octanol–water partition coefficient (Wildman–Crippen LogP) is 2.58. The number of nitrogens with zero attached hydrogens (tertiary/aromatic N) is 1.